The van der Waals surface area contributed by atoms with Crippen LogP contribution >= 0.6 is 0 Å². The quantitative estimate of drug-likeness (QED) is 0.611. The van der Waals surface area contributed by atoms with E-state index >= 15 is 0 Å². The maximum Gasteiger partial charge on any atom is 0.0132 e. The molecule has 78 valence electrons. The van der Waals surface area contributed by atoms with Crippen molar-refractivity contribution < 1.29 is 0 Å². The zero-order valence-electron chi connectivity index (χ0n) is 9.98. The monoisotopic (exact) mass is 206 g/mol. The van der Waals surface area contributed by atoms with Crippen LogP contribution in [0.5, 0.6) is 0 Å². The van der Waals surface area contributed by atoms with E-state index < -0.39 is 0 Å². The summed E-state index contributed by atoms with van der Waals surface area (Å²) >= 11 is 0. The molecular weight excluding hydrogens is 184 g/mol. The van der Waals surface area contributed by atoms with Crippen LogP contribution < -0.4 is 0 Å². The lowest BCUT2D eigenvalue weighted by Crippen LogP contribution is -2.08. The molecule has 1 heteroatoms. The van der Waals surface area contributed by atoms with E-state index in [-0.39, 0.29) is 8.41 Å². The van der Waals surface area contributed by atoms with E-state index in [0.717, 1.165) is 0 Å². The minimum absolute atomic E-state index is 0.261. The first-order valence-corrected chi connectivity index (χ1v) is 8.28. The zero-order valence-corrected chi connectivity index (χ0v) is 11.0. The molecule has 1 aliphatic carbocycles. The van der Waals surface area contributed by atoms with E-state index in [2.05, 4.69) is 39.1 Å². The molecule has 0 saturated carbocycles. The van der Waals surface area contributed by atoms with Gasteiger partial charge in [-0.1, -0.05) is 51.9 Å². The number of allylic oxidation sites excluding steroid dienone is 4. The van der Waals surface area contributed by atoms with Gasteiger partial charge < -0.3 is 0 Å². The number of hydrogen-bond donors (Lipinski definition) is 0. The second kappa shape index (κ2) is 5.45. The number of rotatable bonds is 4. The molecule has 0 N–H and O–H groups in total. The van der Waals surface area contributed by atoms with Crippen molar-refractivity contribution in [3.05, 3.63) is 23.3 Å². The molecule has 0 saturated heterocycles. The molecule has 1 aliphatic rings. The van der Waals surface area contributed by atoms with Gasteiger partial charge in [-0.15, -0.1) is 0 Å². The van der Waals surface area contributed by atoms with Crippen LogP contribution in [-0.4, -0.2) is 13.6 Å². The van der Waals surface area contributed by atoms with Crippen LogP contribution in [0, 0.1) is 0 Å². The lowest BCUT2D eigenvalue weighted by molar-refractivity contribution is 0.884. The Hall–Kier alpha value is -0.433. The lowest BCUT2D eigenvalue weighted by atomic mass is 10.0. The molecule has 0 radical (unpaired) electrons. The third-order valence-corrected chi connectivity index (χ3v) is 4.27. The summed E-state index contributed by atoms with van der Waals surface area (Å²) in [4.78, 5) is 0. The predicted octanol–water partition coefficient (Wildman–Crippen LogP) is 3.96. The molecule has 0 atom stereocenters. The van der Waals surface area contributed by atoms with Gasteiger partial charge in [0.2, 0.25) is 0 Å². The molecule has 0 aromatic rings. The Labute approximate surface area is 90.0 Å². The summed E-state index contributed by atoms with van der Waals surface area (Å²) in [7, 11) is -0.261. The van der Waals surface area contributed by atoms with Crippen LogP contribution in [0.15, 0.2) is 23.3 Å². The average molecular weight is 206 g/mol. The van der Waals surface area contributed by atoms with Crippen molar-refractivity contribution in [2.75, 3.05) is 0 Å². The highest BCUT2D eigenvalue weighted by atomic mass is 28.2. The SMILES string of the molecule is CCCC1=C(CCC)C(=[Si](C)C)C=C1. The zero-order chi connectivity index (χ0) is 10.6. The Morgan fingerprint density at radius 3 is 2.14 bits per heavy atom. The van der Waals surface area contributed by atoms with Crippen molar-refractivity contribution in [3.8, 4) is 0 Å². The van der Waals surface area contributed by atoms with Crippen LogP contribution in [0.2, 0.25) is 13.1 Å². The standard InChI is InChI=1S/C13H22Si/c1-5-7-11-9-10-13(14(3)4)12(11)8-6-2/h9-10H,5-8H2,1-4H3. The third kappa shape index (κ3) is 2.54. The largest absolute Gasteiger partial charge is 0.0651 e. The molecule has 0 bridgehead atoms. The lowest BCUT2D eigenvalue weighted by Gasteiger charge is -2.09. The van der Waals surface area contributed by atoms with Gasteiger partial charge in [0.25, 0.3) is 0 Å². The molecule has 0 spiro atoms. The molecule has 0 aromatic carbocycles. The highest BCUT2D eigenvalue weighted by Gasteiger charge is 2.13. The van der Waals surface area contributed by atoms with Crippen molar-refractivity contribution >= 4 is 13.6 Å². The first kappa shape index (κ1) is 11.6. The third-order valence-electron chi connectivity index (χ3n) is 2.72. The van der Waals surface area contributed by atoms with Crippen LogP contribution in [-0.2, 0) is 0 Å². The van der Waals surface area contributed by atoms with Gasteiger partial charge in [0.15, 0.2) is 0 Å². The Balaban J connectivity index is 2.96. The second-order valence-electron chi connectivity index (χ2n) is 4.25. The van der Waals surface area contributed by atoms with E-state index in [4.69, 9.17) is 0 Å². The van der Waals surface area contributed by atoms with Gasteiger partial charge in [-0.2, -0.15) is 0 Å². The van der Waals surface area contributed by atoms with Crippen molar-refractivity contribution in [2.45, 2.75) is 52.6 Å². The molecule has 1 rings (SSSR count). The van der Waals surface area contributed by atoms with Gasteiger partial charge in [-0.05, 0) is 29.2 Å². The van der Waals surface area contributed by atoms with Crippen LogP contribution in [0.1, 0.15) is 39.5 Å². The first-order chi connectivity index (χ1) is 6.70. The van der Waals surface area contributed by atoms with Gasteiger partial charge >= 0.3 is 0 Å². The summed E-state index contributed by atoms with van der Waals surface area (Å²) in [5, 5.41) is 1.68. The van der Waals surface area contributed by atoms with Crippen molar-refractivity contribution in [3.63, 3.8) is 0 Å². The highest BCUT2D eigenvalue weighted by Crippen LogP contribution is 2.24. The highest BCUT2D eigenvalue weighted by molar-refractivity contribution is 6.74. The number of hydrogen-bond acceptors (Lipinski definition) is 0. The Bertz CT molecular complexity index is 288. The predicted molar refractivity (Wildman–Crippen MR) is 68.5 cm³/mol. The molecule has 0 heterocycles. The van der Waals surface area contributed by atoms with E-state index in [1.807, 2.05) is 0 Å². The normalized spacial score (nSPS) is 15.6. The van der Waals surface area contributed by atoms with E-state index in [9.17, 15) is 0 Å². The molecule has 0 aromatic heterocycles. The minimum Gasteiger partial charge on any atom is -0.0651 e. The summed E-state index contributed by atoms with van der Waals surface area (Å²) < 4.78 is 0. The van der Waals surface area contributed by atoms with Gasteiger partial charge in [-0.25, -0.2) is 0 Å². The summed E-state index contributed by atoms with van der Waals surface area (Å²) in [6.07, 6.45) is 9.85. The van der Waals surface area contributed by atoms with Gasteiger partial charge in [-0.3, -0.25) is 0 Å². The maximum absolute atomic E-state index is 2.40. The van der Waals surface area contributed by atoms with Gasteiger partial charge in [0.05, 0.1) is 0 Å². The smallest absolute Gasteiger partial charge is 0.0132 e. The molecule has 0 amide bonds. The van der Waals surface area contributed by atoms with Crippen LogP contribution in [0.3, 0.4) is 0 Å². The van der Waals surface area contributed by atoms with Crippen LogP contribution in [0.4, 0.5) is 0 Å². The van der Waals surface area contributed by atoms with E-state index in [1.165, 1.54) is 25.7 Å². The van der Waals surface area contributed by atoms with Crippen molar-refractivity contribution in [1.82, 2.24) is 0 Å². The summed E-state index contributed by atoms with van der Waals surface area (Å²) in [5.41, 5.74) is 3.31. The Morgan fingerprint density at radius 2 is 1.64 bits per heavy atom. The van der Waals surface area contributed by atoms with Crippen molar-refractivity contribution in [1.29, 1.82) is 0 Å². The molecular formula is C13H22Si. The second-order valence-corrected chi connectivity index (χ2v) is 6.79. The average Bonchev–Trinajstić information content (AvgIpc) is 2.50. The molecule has 0 aliphatic heterocycles. The first-order valence-electron chi connectivity index (χ1n) is 5.78. The Kier molecular flexibility index (Phi) is 4.53. The van der Waals surface area contributed by atoms with E-state index in [0.29, 0.717) is 0 Å². The van der Waals surface area contributed by atoms with E-state index in [1.54, 1.807) is 16.3 Å². The van der Waals surface area contributed by atoms with Gasteiger partial charge in [0, 0.05) is 8.41 Å². The summed E-state index contributed by atoms with van der Waals surface area (Å²) in [6.45, 7) is 9.35. The summed E-state index contributed by atoms with van der Waals surface area (Å²) in [5.74, 6) is 0. The molecule has 14 heavy (non-hydrogen) atoms. The maximum atomic E-state index is 2.40. The Morgan fingerprint density at radius 1 is 1.00 bits per heavy atom. The molecule has 0 unspecified atom stereocenters. The molecule has 0 nitrogen and oxygen atoms in total. The minimum atomic E-state index is -0.261. The topological polar surface area (TPSA) is 0 Å². The van der Waals surface area contributed by atoms with Crippen LogP contribution in [0.25, 0.3) is 0 Å². The van der Waals surface area contributed by atoms with Gasteiger partial charge in [0.1, 0.15) is 0 Å². The molecule has 0 fully saturated rings. The summed E-state index contributed by atoms with van der Waals surface area (Å²) in [6, 6.07) is 0. The fraction of sp³-hybridized carbons (Fsp3) is 0.615. The van der Waals surface area contributed by atoms with Crippen molar-refractivity contribution in [2.24, 2.45) is 0 Å². The fourth-order valence-corrected chi connectivity index (χ4v) is 3.38. The fourth-order valence-electron chi connectivity index (χ4n) is 2.08.